The number of amides is 2. The molecule has 0 aromatic heterocycles. The van der Waals surface area contributed by atoms with Crippen LogP contribution in [0.25, 0.3) is 0 Å². The van der Waals surface area contributed by atoms with Crippen molar-refractivity contribution in [3.8, 4) is 0 Å². The molecule has 0 spiro atoms. The SMILES string of the molecule is CC(C)[C@H](NC(=O)C(F)(F)F)C(=O)N1CCC(C)(C(=O)O)C1. The van der Waals surface area contributed by atoms with Gasteiger partial charge in [0.05, 0.1) is 5.41 Å². The third-order valence-corrected chi connectivity index (χ3v) is 3.78. The van der Waals surface area contributed by atoms with Gasteiger partial charge in [-0.25, -0.2) is 0 Å². The number of hydrogen-bond donors (Lipinski definition) is 2. The summed E-state index contributed by atoms with van der Waals surface area (Å²) in [5.41, 5.74) is -1.12. The highest BCUT2D eigenvalue weighted by Gasteiger charge is 2.46. The average Bonchev–Trinajstić information content (AvgIpc) is 2.77. The van der Waals surface area contributed by atoms with Crippen molar-refractivity contribution in [1.29, 1.82) is 0 Å². The molecular formula is C13H19F3N2O4. The number of carbonyl (C=O) groups is 3. The molecule has 0 radical (unpaired) electrons. The Bertz CT molecular complexity index is 478. The lowest BCUT2D eigenvalue weighted by Gasteiger charge is -2.28. The second-order valence-electron chi connectivity index (χ2n) is 6.07. The molecule has 1 fully saturated rings. The minimum absolute atomic E-state index is 0.0910. The summed E-state index contributed by atoms with van der Waals surface area (Å²) in [5, 5.41) is 10.8. The average molecular weight is 324 g/mol. The highest BCUT2D eigenvalue weighted by atomic mass is 19.4. The minimum atomic E-state index is -5.08. The van der Waals surface area contributed by atoms with Gasteiger partial charge in [-0.05, 0) is 19.3 Å². The molecule has 1 aliphatic heterocycles. The van der Waals surface area contributed by atoms with Crippen LogP contribution in [-0.2, 0) is 14.4 Å². The van der Waals surface area contributed by atoms with Crippen molar-refractivity contribution in [2.24, 2.45) is 11.3 Å². The van der Waals surface area contributed by atoms with Crippen LogP contribution < -0.4 is 5.32 Å². The third kappa shape index (κ3) is 3.89. The zero-order valence-electron chi connectivity index (χ0n) is 12.5. The number of alkyl halides is 3. The molecule has 2 N–H and O–H groups in total. The Morgan fingerprint density at radius 1 is 1.27 bits per heavy atom. The van der Waals surface area contributed by atoms with Crippen LogP contribution >= 0.6 is 0 Å². The number of hydrogen-bond acceptors (Lipinski definition) is 3. The molecule has 1 unspecified atom stereocenters. The fraction of sp³-hybridized carbons (Fsp3) is 0.769. The van der Waals surface area contributed by atoms with E-state index in [1.807, 2.05) is 0 Å². The van der Waals surface area contributed by atoms with E-state index in [1.165, 1.54) is 25.7 Å². The van der Waals surface area contributed by atoms with Gasteiger partial charge >= 0.3 is 18.1 Å². The van der Waals surface area contributed by atoms with E-state index in [1.54, 1.807) is 5.32 Å². The lowest BCUT2D eigenvalue weighted by atomic mass is 9.90. The zero-order valence-corrected chi connectivity index (χ0v) is 12.5. The monoisotopic (exact) mass is 324 g/mol. The van der Waals surface area contributed by atoms with Gasteiger partial charge in [-0.15, -0.1) is 0 Å². The summed E-state index contributed by atoms with van der Waals surface area (Å²) in [7, 11) is 0. The summed E-state index contributed by atoms with van der Waals surface area (Å²) >= 11 is 0. The van der Waals surface area contributed by atoms with Gasteiger partial charge in [-0.2, -0.15) is 13.2 Å². The molecule has 22 heavy (non-hydrogen) atoms. The van der Waals surface area contributed by atoms with E-state index in [-0.39, 0.29) is 19.5 Å². The number of aliphatic carboxylic acids is 1. The second-order valence-corrected chi connectivity index (χ2v) is 6.07. The van der Waals surface area contributed by atoms with Gasteiger partial charge in [-0.1, -0.05) is 13.8 Å². The molecule has 0 saturated carbocycles. The summed E-state index contributed by atoms with van der Waals surface area (Å²) in [6.07, 6.45) is -4.86. The molecule has 0 aromatic carbocycles. The first-order valence-corrected chi connectivity index (χ1v) is 6.78. The van der Waals surface area contributed by atoms with Crippen molar-refractivity contribution in [3.63, 3.8) is 0 Å². The Morgan fingerprint density at radius 2 is 1.82 bits per heavy atom. The van der Waals surface area contributed by atoms with Crippen molar-refractivity contribution >= 4 is 17.8 Å². The zero-order chi connectivity index (χ0) is 17.3. The fourth-order valence-electron chi connectivity index (χ4n) is 2.26. The van der Waals surface area contributed by atoms with Crippen LogP contribution in [0.15, 0.2) is 0 Å². The van der Waals surface area contributed by atoms with Gasteiger partial charge in [0.1, 0.15) is 6.04 Å². The molecule has 0 bridgehead atoms. The number of carbonyl (C=O) groups excluding carboxylic acids is 2. The fourth-order valence-corrected chi connectivity index (χ4v) is 2.26. The first kappa shape index (κ1) is 18.2. The van der Waals surface area contributed by atoms with Crippen molar-refractivity contribution < 1.29 is 32.7 Å². The number of nitrogens with zero attached hydrogens (tertiary/aromatic N) is 1. The quantitative estimate of drug-likeness (QED) is 0.808. The largest absolute Gasteiger partial charge is 0.481 e. The Morgan fingerprint density at radius 3 is 2.18 bits per heavy atom. The molecule has 1 aliphatic rings. The second kappa shape index (κ2) is 6.13. The lowest BCUT2D eigenvalue weighted by molar-refractivity contribution is -0.175. The van der Waals surface area contributed by atoms with E-state index in [4.69, 9.17) is 5.11 Å². The molecule has 2 atom stereocenters. The molecule has 0 aliphatic carbocycles. The number of nitrogens with one attached hydrogen (secondary N) is 1. The van der Waals surface area contributed by atoms with Gasteiger partial charge in [-0.3, -0.25) is 14.4 Å². The van der Waals surface area contributed by atoms with Gasteiger partial charge in [0.25, 0.3) is 0 Å². The highest BCUT2D eigenvalue weighted by Crippen LogP contribution is 2.31. The summed E-state index contributed by atoms with van der Waals surface area (Å²) in [6, 6.07) is -1.34. The molecule has 6 nitrogen and oxygen atoms in total. The number of rotatable bonds is 4. The molecule has 1 rings (SSSR count). The molecule has 1 heterocycles. The number of carboxylic acid groups (broad SMARTS) is 1. The van der Waals surface area contributed by atoms with E-state index < -0.39 is 41.3 Å². The van der Waals surface area contributed by atoms with Gasteiger partial charge in [0, 0.05) is 13.1 Å². The molecule has 1 saturated heterocycles. The summed E-state index contributed by atoms with van der Waals surface area (Å²) in [4.78, 5) is 35.7. The van der Waals surface area contributed by atoms with Crippen LogP contribution in [0.5, 0.6) is 0 Å². The smallest absolute Gasteiger partial charge is 0.471 e. The van der Waals surface area contributed by atoms with Crippen molar-refractivity contribution in [3.05, 3.63) is 0 Å². The minimum Gasteiger partial charge on any atom is -0.481 e. The van der Waals surface area contributed by atoms with Crippen LogP contribution in [0.1, 0.15) is 27.2 Å². The summed E-state index contributed by atoms with van der Waals surface area (Å²) in [5.74, 6) is -4.50. The number of likely N-dealkylation sites (tertiary alicyclic amines) is 1. The lowest BCUT2D eigenvalue weighted by Crippen LogP contribution is -2.54. The number of carboxylic acids is 1. The topological polar surface area (TPSA) is 86.7 Å². The molecule has 126 valence electrons. The maximum Gasteiger partial charge on any atom is 0.471 e. The Kier molecular flexibility index (Phi) is 5.09. The first-order valence-electron chi connectivity index (χ1n) is 6.78. The van der Waals surface area contributed by atoms with Gasteiger partial charge in [0.15, 0.2) is 0 Å². The van der Waals surface area contributed by atoms with E-state index in [0.717, 1.165) is 0 Å². The van der Waals surface area contributed by atoms with Gasteiger partial charge < -0.3 is 15.3 Å². The summed E-state index contributed by atoms with van der Waals surface area (Å²) in [6.45, 7) is 4.53. The molecule has 9 heteroatoms. The molecular weight excluding hydrogens is 305 g/mol. The van der Waals surface area contributed by atoms with E-state index in [9.17, 15) is 27.6 Å². The van der Waals surface area contributed by atoms with Crippen molar-refractivity contribution in [2.45, 2.75) is 39.4 Å². The molecule has 2 amide bonds. The summed E-state index contributed by atoms with van der Waals surface area (Å²) < 4.78 is 37.0. The van der Waals surface area contributed by atoms with Crippen LogP contribution in [0.2, 0.25) is 0 Å². The van der Waals surface area contributed by atoms with Crippen LogP contribution in [0.3, 0.4) is 0 Å². The van der Waals surface area contributed by atoms with E-state index in [2.05, 4.69) is 0 Å². The predicted molar refractivity (Wildman–Crippen MR) is 69.8 cm³/mol. The van der Waals surface area contributed by atoms with Crippen LogP contribution in [0.4, 0.5) is 13.2 Å². The predicted octanol–water partition coefficient (Wildman–Crippen LogP) is 1.01. The Balaban J connectivity index is 2.84. The van der Waals surface area contributed by atoms with E-state index >= 15 is 0 Å². The van der Waals surface area contributed by atoms with Crippen LogP contribution in [-0.4, -0.2) is 53.1 Å². The Hall–Kier alpha value is -1.80. The van der Waals surface area contributed by atoms with E-state index in [0.29, 0.717) is 0 Å². The van der Waals surface area contributed by atoms with Crippen LogP contribution in [0, 0.1) is 11.3 Å². The standard InChI is InChI=1S/C13H19F3N2O4/c1-7(2)8(17-10(20)13(14,15)16)9(19)18-5-4-12(3,6-18)11(21)22/h7-8H,4-6H2,1-3H3,(H,17,20)(H,21,22)/t8-,12?/m0/s1. The highest BCUT2D eigenvalue weighted by molar-refractivity contribution is 5.90. The van der Waals surface area contributed by atoms with Gasteiger partial charge in [0.2, 0.25) is 5.91 Å². The first-order chi connectivity index (χ1) is 9.88. The maximum atomic E-state index is 12.3. The van der Waals surface area contributed by atoms with Crippen molar-refractivity contribution in [1.82, 2.24) is 10.2 Å². The normalized spacial score (nSPS) is 23.5. The maximum absolute atomic E-state index is 12.3. The third-order valence-electron chi connectivity index (χ3n) is 3.78. The Labute approximate surface area is 125 Å². The number of halogens is 3. The van der Waals surface area contributed by atoms with Crippen molar-refractivity contribution in [2.75, 3.05) is 13.1 Å². The molecule has 0 aromatic rings.